The standard InChI is InChI=1S/C11H17NOS/c13-8-11(4-2-1-3-5-11)6-10-7-12-9-14-10/h7,9,13H,1-6,8H2. The van der Waals surface area contributed by atoms with E-state index in [-0.39, 0.29) is 5.41 Å². The minimum atomic E-state index is 0.171. The summed E-state index contributed by atoms with van der Waals surface area (Å²) >= 11 is 1.71. The Morgan fingerprint density at radius 2 is 2.14 bits per heavy atom. The summed E-state index contributed by atoms with van der Waals surface area (Å²) in [5.41, 5.74) is 2.05. The Hall–Kier alpha value is -0.410. The first kappa shape index (κ1) is 10.1. The van der Waals surface area contributed by atoms with Crippen molar-refractivity contribution in [2.75, 3.05) is 6.61 Å². The monoisotopic (exact) mass is 211 g/mol. The van der Waals surface area contributed by atoms with Crippen LogP contribution in [0, 0.1) is 5.41 Å². The molecule has 2 nitrogen and oxygen atoms in total. The number of rotatable bonds is 3. The number of aliphatic hydroxyl groups is 1. The van der Waals surface area contributed by atoms with Crippen molar-refractivity contribution in [1.82, 2.24) is 4.98 Å². The largest absolute Gasteiger partial charge is 0.396 e. The van der Waals surface area contributed by atoms with Crippen LogP contribution in [0.25, 0.3) is 0 Å². The molecule has 1 saturated carbocycles. The van der Waals surface area contributed by atoms with Crippen molar-refractivity contribution >= 4 is 11.3 Å². The highest BCUT2D eigenvalue weighted by Gasteiger charge is 2.31. The Bertz CT molecular complexity index is 265. The fourth-order valence-corrected chi connectivity index (χ4v) is 3.16. The van der Waals surface area contributed by atoms with Crippen molar-refractivity contribution in [2.45, 2.75) is 38.5 Å². The summed E-state index contributed by atoms with van der Waals surface area (Å²) in [4.78, 5) is 5.41. The van der Waals surface area contributed by atoms with Gasteiger partial charge in [0.25, 0.3) is 0 Å². The molecule has 0 aromatic carbocycles. The van der Waals surface area contributed by atoms with Crippen molar-refractivity contribution in [3.05, 3.63) is 16.6 Å². The second-order valence-corrected chi connectivity index (χ2v) is 5.33. The van der Waals surface area contributed by atoms with E-state index in [1.54, 1.807) is 11.3 Å². The average Bonchev–Trinajstić information content (AvgIpc) is 2.72. The van der Waals surface area contributed by atoms with Gasteiger partial charge in [0.05, 0.1) is 5.51 Å². The topological polar surface area (TPSA) is 33.1 Å². The Labute approximate surface area is 89.0 Å². The van der Waals surface area contributed by atoms with Gasteiger partial charge in [0.2, 0.25) is 0 Å². The molecule has 1 heterocycles. The zero-order chi connectivity index (χ0) is 9.86. The second-order valence-electron chi connectivity index (χ2n) is 4.36. The molecule has 1 aromatic heterocycles. The van der Waals surface area contributed by atoms with Gasteiger partial charge in [-0.25, -0.2) is 0 Å². The molecule has 0 aliphatic heterocycles. The molecule has 1 aliphatic carbocycles. The first-order valence-corrected chi connectivity index (χ1v) is 6.21. The number of thiazole rings is 1. The molecule has 1 aliphatic rings. The lowest BCUT2D eigenvalue weighted by molar-refractivity contribution is 0.0831. The maximum absolute atomic E-state index is 9.52. The molecule has 1 aromatic rings. The molecule has 1 N–H and O–H groups in total. The van der Waals surface area contributed by atoms with Crippen molar-refractivity contribution in [3.63, 3.8) is 0 Å². The summed E-state index contributed by atoms with van der Waals surface area (Å²) < 4.78 is 0. The van der Waals surface area contributed by atoms with Crippen LogP contribution in [0.2, 0.25) is 0 Å². The minimum absolute atomic E-state index is 0.171. The lowest BCUT2D eigenvalue weighted by Crippen LogP contribution is -2.30. The first-order valence-electron chi connectivity index (χ1n) is 5.33. The van der Waals surface area contributed by atoms with Crippen molar-refractivity contribution in [1.29, 1.82) is 0 Å². The molecule has 78 valence electrons. The van der Waals surface area contributed by atoms with E-state index in [4.69, 9.17) is 0 Å². The Kier molecular flexibility index (Phi) is 3.19. The predicted molar refractivity (Wildman–Crippen MR) is 58.4 cm³/mol. The van der Waals surface area contributed by atoms with E-state index in [9.17, 15) is 5.11 Å². The summed E-state index contributed by atoms with van der Waals surface area (Å²) in [5, 5.41) is 9.52. The van der Waals surface area contributed by atoms with Crippen LogP contribution in [0.4, 0.5) is 0 Å². The van der Waals surface area contributed by atoms with Gasteiger partial charge in [-0.2, -0.15) is 0 Å². The van der Waals surface area contributed by atoms with Gasteiger partial charge in [-0.05, 0) is 24.7 Å². The van der Waals surface area contributed by atoms with Gasteiger partial charge in [-0.15, -0.1) is 11.3 Å². The Morgan fingerprint density at radius 1 is 1.36 bits per heavy atom. The SMILES string of the molecule is OCC1(Cc2cncs2)CCCCC1. The van der Waals surface area contributed by atoms with E-state index in [1.807, 2.05) is 11.7 Å². The normalized spacial score (nSPS) is 20.9. The summed E-state index contributed by atoms with van der Waals surface area (Å²) in [5.74, 6) is 0. The van der Waals surface area contributed by atoms with Gasteiger partial charge in [0.1, 0.15) is 0 Å². The molecule has 3 heteroatoms. The van der Waals surface area contributed by atoms with E-state index in [1.165, 1.54) is 37.0 Å². The van der Waals surface area contributed by atoms with Crippen LogP contribution in [0.1, 0.15) is 37.0 Å². The van der Waals surface area contributed by atoms with E-state index < -0.39 is 0 Å². The third-order valence-corrected chi connectivity index (χ3v) is 4.06. The van der Waals surface area contributed by atoms with Crippen LogP contribution in [0.5, 0.6) is 0 Å². The summed E-state index contributed by atoms with van der Waals surface area (Å²) in [6.45, 7) is 0.338. The quantitative estimate of drug-likeness (QED) is 0.833. The lowest BCUT2D eigenvalue weighted by atomic mass is 9.72. The van der Waals surface area contributed by atoms with Gasteiger partial charge in [0, 0.05) is 17.7 Å². The molecule has 1 fully saturated rings. The third kappa shape index (κ3) is 2.15. The number of hydrogen-bond donors (Lipinski definition) is 1. The van der Waals surface area contributed by atoms with Crippen LogP contribution >= 0.6 is 11.3 Å². The third-order valence-electron chi connectivity index (χ3n) is 3.28. The lowest BCUT2D eigenvalue weighted by Gasteiger charge is -2.35. The van der Waals surface area contributed by atoms with Gasteiger partial charge >= 0.3 is 0 Å². The highest BCUT2D eigenvalue weighted by molar-refractivity contribution is 7.09. The zero-order valence-corrected chi connectivity index (χ0v) is 9.22. The van der Waals surface area contributed by atoms with Gasteiger partial charge < -0.3 is 5.11 Å². The van der Waals surface area contributed by atoms with E-state index >= 15 is 0 Å². The second kappa shape index (κ2) is 4.41. The van der Waals surface area contributed by atoms with E-state index in [0.29, 0.717) is 6.61 Å². The average molecular weight is 211 g/mol. The van der Waals surface area contributed by atoms with Crippen LogP contribution in [0.3, 0.4) is 0 Å². The zero-order valence-electron chi connectivity index (χ0n) is 8.41. The fraction of sp³-hybridized carbons (Fsp3) is 0.727. The molecule has 0 radical (unpaired) electrons. The van der Waals surface area contributed by atoms with Gasteiger partial charge in [-0.1, -0.05) is 19.3 Å². The van der Waals surface area contributed by atoms with Crippen LogP contribution in [-0.2, 0) is 6.42 Å². The highest BCUT2D eigenvalue weighted by atomic mass is 32.1. The maximum Gasteiger partial charge on any atom is 0.0794 e. The van der Waals surface area contributed by atoms with Crippen molar-refractivity contribution in [2.24, 2.45) is 5.41 Å². The van der Waals surface area contributed by atoms with E-state index in [2.05, 4.69) is 4.98 Å². The maximum atomic E-state index is 9.52. The minimum Gasteiger partial charge on any atom is -0.396 e. The summed E-state index contributed by atoms with van der Waals surface area (Å²) in [6, 6.07) is 0. The summed E-state index contributed by atoms with van der Waals surface area (Å²) in [6.07, 6.45) is 9.22. The fourth-order valence-electron chi connectivity index (χ4n) is 2.39. The van der Waals surface area contributed by atoms with E-state index in [0.717, 1.165) is 6.42 Å². The molecule has 0 bridgehead atoms. The van der Waals surface area contributed by atoms with Crippen LogP contribution < -0.4 is 0 Å². The number of aromatic nitrogens is 1. The van der Waals surface area contributed by atoms with Gasteiger partial charge in [0.15, 0.2) is 0 Å². The predicted octanol–water partition coefficient (Wildman–Crippen LogP) is 2.63. The molecule has 0 amide bonds. The molecule has 0 atom stereocenters. The highest BCUT2D eigenvalue weighted by Crippen LogP contribution is 2.39. The first-order chi connectivity index (χ1) is 6.85. The Balaban J connectivity index is 2.04. The Morgan fingerprint density at radius 3 is 2.71 bits per heavy atom. The molecule has 0 saturated heterocycles. The number of hydrogen-bond acceptors (Lipinski definition) is 3. The summed E-state index contributed by atoms with van der Waals surface area (Å²) in [7, 11) is 0. The number of aliphatic hydroxyl groups excluding tert-OH is 1. The molecule has 2 rings (SSSR count). The molecular weight excluding hydrogens is 194 g/mol. The molecule has 0 unspecified atom stereocenters. The smallest absolute Gasteiger partial charge is 0.0794 e. The molecule has 0 spiro atoms. The van der Waals surface area contributed by atoms with Crippen LogP contribution in [-0.4, -0.2) is 16.7 Å². The van der Waals surface area contributed by atoms with Crippen LogP contribution in [0.15, 0.2) is 11.7 Å². The van der Waals surface area contributed by atoms with Crippen molar-refractivity contribution < 1.29 is 5.11 Å². The molecular formula is C11H17NOS. The molecule has 14 heavy (non-hydrogen) atoms. The number of nitrogens with zero attached hydrogens (tertiary/aromatic N) is 1. The van der Waals surface area contributed by atoms with Crippen molar-refractivity contribution in [3.8, 4) is 0 Å². The van der Waals surface area contributed by atoms with Gasteiger partial charge in [-0.3, -0.25) is 4.98 Å².